The smallest absolute Gasteiger partial charge is 0.364 e. The Kier molecular flexibility index (Phi) is 8.10. The van der Waals surface area contributed by atoms with Crippen molar-refractivity contribution in [3.05, 3.63) is 0 Å². The molecule has 0 saturated carbocycles. The molecule has 2 atom stereocenters. The van der Waals surface area contributed by atoms with Crippen molar-refractivity contribution in [3.63, 3.8) is 0 Å². The van der Waals surface area contributed by atoms with Crippen molar-refractivity contribution in [3.8, 4) is 0 Å². The molecule has 0 aliphatic heterocycles. The first-order valence-electron chi connectivity index (χ1n) is 7.69. The first-order valence-corrected chi connectivity index (χ1v) is 7.69. The molecule has 26 heavy (non-hydrogen) atoms. The van der Waals surface area contributed by atoms with Gasteiger partial charge in [0.2, 0.25) is 0 Å². The second-order valence-corrected chi connectivity index (χ2v) is 5.10. The topological polar surface area (TPSA) is 139 Å². The number of ketones is 2. The molecule has 0 radical (unpaired) electrons. The van der Waals surface area contributed by atoms with Gasteiger partial charge in [0.05, 0.1) is 13.2 Å². The zero-order valence-corrected chi connectivity index (χ0v) is 15.5. The molecule has 0 heterocycles. The fraction of sp³-hybridized carbons (Fsp3) is 0.625. The molecule has 0 saturated heterocycles. The van der Waals surface area contributed by atoms with Crippen molar-refractivity contribution >= 4 is 35.4 Å². The highest BCUT2D eigenvalue weighted by atomic mass is 16.7. The van der Waals surface area contributed by atoms with Gasteiger partial charge in [-0.05, 0) is 27.7 Å². The van der Waals surface area contributed by atoms with E-state index in [0.29, 0.717) is 0 Å². The molecular weight excluding hydrogens is 352 g/mol. The summed E-state index contributed by atoms with van der Waals surface area (Å²) in [7, 11) is 0. The molecule has 0 spiro atoms. The number of Topliss-reactive ketones (excluding diaryl/α,β-unsaturated/α-hetero) is 2. The number of esters is 4. The number of hydrogen-bond donors (Lipinski definition) is 0. The van der Waals surface area contributed by atoms with Gasteiger partial charge in [0.15, 0.2) is 11.6 Å². The standard InChI is InChI=1S/C16H22O10/c1-7-23-13(21)15(9(3)17,25-11(5)19)16(10(4)18,26-12(6)20)14(22)24-8-2/h7-8H2,1-6H3. The lowest BCUT2D eigenvalue weighted by atomic mass is 9.76. The van der Waals surface area contributed by atoms with Crippen molar-refractivity contribution in [2.24, 2.45) is 0 Å². The van der Waals surface area contributed by atoms with Gasteiger partial charge in [-0.2, -0.15) is 0 Å². The van der Waals surface area contributed by atoms with E-state index in [2.05, 4.69) is 0 Å². The molecule has 2 unspecified atom stereocenters. The first kappa shape index (κ1) is 23.2. The highest BCUT2D eigenvalue weighted by molar-refractivity contribution is 6.23. The number of carbonyl (C=O) groups is 6. The van der Waals surface area contributed by atoms with Gasteiger partial charge in [0, 0.05) is 13.8 Å². The van der Waals surface area contributed by atoms with E-state index in [1.54, 1.807) is 0 Å². The summed E-state index contributed by atoms with van der Waals surface area (Å²) < 4.78 is 19.2. The predicted octanol–water partition coefficient (Wildman–Crippen LogP) is -0.106. The molecule has 10 nitrogen and oxygen atoms in total. The Labute approximate surface area is 150 Å². The Morgan fingerprint density at radius 1 is 0.615 bits per heavy atom. The lowest BCUT2D eigenvalue weighted by Crippen LogP contribution is -2.74. The molecule has 0 bridgehead atoms. The van der Waals surface area contributed by atoms with Crippen molar-refractivity contribution in [2.45, 2.75) is 52.7 Å². The van der Waals surface area contributed by atoms with Crippen molar-refractivity contribution in [2.75, 3.05) is 13.2 Å². The summed E-state index contributed by atoms with van der Waals surface area (Å²) in [4.78, 5) is 73.3. The summed E-state index contributed by atoms with van der Waals surface area (Å²) in [6, 6.07) is 0. The van der Waals surface area contributed by atoms with E-state index in [0.717, 1.165) is 27.7 Å². The van der Waals surface area contributed by atoms with Crippen molar-refractivity contribution < 1.29 is 47.7 Å². The van der Waals surface area contributed by atoms with Crippen LogP contribution in [0.2, 0.25) is 0 Å². The van der Waals surface area contributed by atoms with E-state index in [1.807, 2.05) is 0 Å². The molecule has 0 amide bonds. The maximum absolute atomic E-state index is 12.6. The largest absolute Gasteiger partial charge is 0.463 e. The van der Waals surface area contributed by atoms with Crippen LogP contribution in [0, 0.1) is 0 Å². The van der Waals surface area contributed by atoms with Crippen LogP contribution in [0.1, 0.15) is 41.5 Å². The van der Waals surface area contributed by atoms with Gasteiger partial charge in [-0.15, -0.1) is 0 Å². The second-order valence-electron chi connectivity index (χ2n) is 5.10. The summed E-state index contributed by atoms with van der Waals surface area (Å²) in [5.74, 6) is -8.03. The molecule has 0 fully saturated rings. The molecule has 0 aromatic rings. The van der Waals surface area contributed by atoms with Crippen LogP contribution in [0.15, 0.2) is 0 Å². The summed E-state index contributed by atoms with van der Waals surface area (Å²) in [6.45, 7) is 5.41. The Morgan fingerprint density at radius 3 is 1.04 bits per heavy atom. The van der Waals surface area contributed by atoms with E-state index < -0.39 is 46.6 Å². The molecule has 10 heteroatoms. The zero-order chi connectivity index (χ0) is 20.7. The molecule has 0 N–H and O–H groups in total. The molecular formula is C16H22O10. The van der Waals surface area contributed by atoms with Gasteiger partial charge >= 0.3 is 35.1 Å². The van der Waals surface area contributed by atoms with Crippen LogP contribution < -0.4 is 0 Å². The molecule has 0 aliphatic rings. The zero-order valence-electron chi connectivity index (χ0n) is 15.5. The average Bonchev–Trinajstić information content (AvgIpc) is 2.49. The molecule has 0 aromatic carbocycles. The van der Waals surface area contributed by atoms with E-state index in [4.69, 9.17) is 18.9 Å². The van der Waals surface area contributed by atoms with Crippen LogP contribution in [0.5, 0.6) is 0 Å². The normalized spacial score (nSPS) is 14.8. The van der Waals surface area contributed by atoms with E-state index in [1.165, 1.54) is 13.8 Å². The molecule has 0 rings (SSSR count). The van der Waals surface area contributed by atoms with Crippen molar-refractivity contribution in [1.82, 2.24) is 0 Å². The average molecular weight is 374 g/mol. The molecule has 0 aromatic heterocycles. The molecule has 146 valence electrons. The van der Waals surface area contributed by atoms with Gasteiger partial charge in [-0.3, -0.25) is 19.2 Å². The van der Waals surface area contributed by atoms with Crippen molar-refractivity contribution in [1.29, 1.82) is 0 Å². The minimum atomic E-state index is -3.20. The van der Waals surface area contributed by atoms with Crippen LogP contribution in [-0.2, 0) is 47.7 Å². The Bertz CT molecular complexity index is 569. The fourth-order valence-electron chi connectivity index (χ4n) is 2.34. The predicted molar refractivity (Wildman–Crippen MR) is 83.6 cm³/mol. The SMILES string of the molecule is CCOC(=O)C(OC(C)=O)(C(C)=O)C(OC(C)=O)(C(C)=O)C(=O)OCC. The van der Waals surface area contributed by atoms with Crippen LogP contribution in [0.4, 0.5) is 0 Å². The number of ether oxygens (including phenoxy) is 4. The van der Waals surface area contributed by atoms with E-state index in [9.17, 15) is 28.8 Å². The number of carbonyl (C=O) groups excluding carboxylic acids is 6. The third kappa shape index (κ3) is 4.06. The summed E-state index contributed by atoms with van der Waals surface area (Å²) in [6.07, 6.45) is 0. The fourth-order valence-corrected chi connectivity index (χ4v) is 2.34. The van der Waals surface area contributed by atoms with Crippen LogP contribution >= 0.6 is 0 Å². The van der Waals surface area contributed by atoms with Crippen LogP contribution in [0.3, 0.4) is 0 Å². The van der Waals surface area contributed by atoms with E-state index >= 15 is 0 Å². The van der Waals surface area contributed by atoms with Crippen LogP contribution in [0.25, 0.3) is 0 Å². The minimum absolute atomic E-state index is 0.286. The van der Waals surface area contributed by atoms with Gasteiger partial charge < -0.3 is 18.9 Å². The number of hydrogen-bond acceptors (Lipinski definition) is 10. The van der Waals surface area contributed by atoms with Gasteiger partial charge in [0.1, 0.15) is 0 Å². The summed E-state index contributed by atoms with van der Waals surface area (Å²) in [5, 5.41) is 0. The summed E-state index contributed by atoms with van der Waals surface area (Å²) >= 11 is 0. The van der Waals surface area contributed by atoms with Gasteiger partial charge in [0.25, 0.3) is 0 Å². The monoisotopic (exact) mass is 374 g/mol. The van der Waals surface area contributed by atoms with Gasteiger partial charge in [-0.1, -0.05) is 0 Å². The quantitative estimate of drug-likeness (QED) is 0.305. The maximum atomic E-state index is 12.6. The Balaban J connectivity index is 7.13. The maximum Gasteiger partial charge on any atom is 0.364 e. The lowest BCUT2D eigenvalue weighted by Gasteiger charge is -2.40. The summed E-state index contributed by atoms with van der Waals surface area (Å²) in [5.41, 5.74) is -6.39. The Morgan fingerprint density at radius 2 is 0.885 bits per heavy atom. The van der Waals surface area contributed by atoms with Gasteiger partial charge in [-0.25, -0.2) is 9.59 Å². The van der Waals surface area contributed by atoms with Crippen LogP contribution in [-0.4, -0.2) is 59.9 Å². The lowest BCUT2D eigenvalue weighted by molar-refractivity contribution is -0.226. The first-order chi connectivity index (χ1) is 11.9. The Hall–Kier alpha value is -2.78. The highest BCUT2D eigenvalue weighted by Crippen LogP contribution is 2.36. The third-order valence-electron chi connectivity index (χ3n) is 3.21. The minimum Gasteiger partial charge on any atom is -0.463 e. The third-order valence-corrected chi connectivity index (χ3v) is 3.21. The highest BCUT2D eigenvalue weighted by Gasteiger charge is 2.75. The van der Waals surface area contributed by atoms with E-state index in [-0.39, 0.29) is 13.2 Å². The number of rotatable bonds is 9. The molecule has 0 aliphatic carbocycles. The second kappa shape index (κ2) is 9.07.